The highest BCUT2D eigenvalue weighted by molar-refractivity contribution is 5.03. The Bertz CT molecular complexity index is 281. The fraction of sp³-hybridized carbons (Fsp3) is 0.700. The van der Waals surface area contributed by atoms with Crippen LogP contribution in [0.5, 0.6) is 0 Å². The van der Waals surface area contributed by atoms with E-state index in [4.69, 9.17) is 4.74 Å². The van der Waals surface area contributed by atoms with Crippen LogP contribution in [0.3, 0.4) is 0 Å². The van der Waals surface area contributed by atoms with Crippen LogP contribution in [-0.2, 0) is 18.3 Å². The van der Waals surface area contributed by atoms with Gasteiger partial charge < -0.3 is 10.1 Å². The fourth-order valence-corrected chi connectivity index (χ4v) is 1.32. The minimum absolute atomic E-state index is 0.00455. The van der Waals surface area contributed by atoms with Crippen molar-refractivity contribution < 1.29 is 4.74 Å². The molecule has 0 unspecified atom stereocenters. The summed E-state index contributed by atoms with van der Waals surface area (Å²) >= 11 is 0. The van der Waals surface area contributed by atoms with E-state index in [-0.39, 0.29) is 5.54 Å². The number of aryl methyl sites for hydroxylation is 1. The maximum absolute atomic E-state index is 5.12. The summed E-state index contributed by atoms with van der Waals surface area (Å²) in [6.07, 6.45) is 3.88. The van der Waals surface area contributed by atoms with E-state index < -0.39 is 0 Å². The maximum atomic E-state index is 5.12. The Hall–Kier alpha value is -0.870. The van der Waals surface area contributed by atoms with Crippen LogP contribution in [0, 0.1) is 0 Å². The average Bonchev–Trinajstić information content (AvgIpc) is 2.48. The standard InChI is InChI=1S/C10H19N3O/c1-10(2,8-14-4)11-5-9-6-12-13(3)7-9/h6-7,11H,5,8H2,1-4H3. The van der Waals surface area contributed by atoms with Crippen LogP contribution < -0.4 is 5.32 Å². The van der Waals surface area contributed by atoms with Gasteiger partial charge in [-0.15, -0.1) is 0 Å². The molecule has 0 bridgehead atoms. The quantitative estimate of drug-likeness (QED) is 0.763. The third-order valence-electron chi connectivity index (χ3n) is 2.03. The van der Waals surface area contributed by atoms with Crippen LogP contribution in [-0.4, -0.2) is 29.0 Å². The van der Waals surface area contributed by atoms with E-state index >= 15 is 0 Å². The van der Waals surface area contributed by atoms with Crippen LogP contribution in [0.1, 0.15) is 19.4 Å². The number of nitrogens with zero attached hydrogens (tertiary/aromatic N) is 2. The molecule has 4 nitrogen and oxygen atoms in total. The Morgan fingerprint density at radius 1 is 1.57 bits per heavy atom. The van der Waals surface area contributed by atoms with Gasteiger partial charge in [0.05, 0.1) is 12.8 Å². The lowest BCUT2D eigenvalue weighted by Gasteiger charge is -2.24. The molecule has 0 amide bonds. The summed E-state index contributed by atoms with van der Waals surface area (Å²) in [6.45, 7) is 5.76. The van der Waals surface area contributed by atoms with E-state index in [0.717, 1.165) is 6.54 Å². The van der Waals surface area contributed by atoms with Gasteiger partial charge in [0.15, 0.2) is 0 Å². The van der Waals surface area contributed by atoms with Gasteiger partial charge in [0.25, 0.3) is 0 Å². The Morgan fingerprint density at radius 3 is 2.79 bits per heavy atom. The van der Waals surface area contributed by atoms with Crippen molar-refractivity contribution in [2.24, 2.45) is 7.05 Å². The molecule has 0 aliphatic rings. The van der Waals surface area contributed by atoms with E-state index in [1.54, 1.807) is 11.8 Å². The monoisotopic (exact) mass is 197 g/mol. The van der Waals surface area contributed by atoms with Crippen molar-refractivity contribution >= 4 is 0 Å². The Labute approximate surface area is 85.3 Å². The number of nitrogens with one attached hydrogen (secondary N) is 1. The van der Waals surface area contributed by atoms with Crippen LogP contribution in [0.15, 0.2) is 12.4 Å². The smallest absolute Gasteiger partial charge is 0.0639 e. The number of aromatic nitrogens is 2. The van der Waals surface area contributed by atoms with E-state index in [1.807, 2.05) is 19.4 Å². The Kier molecular flexibility index (Phi) is 3.66. The maximum Gasteiger partial charge on any atom is 0.0639 e. The molecule has 14 heavy (non-hydrogen) atoms. The van der Waals surface area contributed by atoms with Gasteiger partial charge in [-0.2, -0.15) is 5.10 Å². The first-order valence-electron chi connectivity index (χ1n) is 4.75. The number of hydrogen-bond donors (Lipinski definition) is 1. The molecule has 0 atom stereocenters. The summed E-state index contributed by atoms with van der Waals surface area (Å²) in [5.41, 5.74) is 1.20. The highest BCUT2D eigenvalue weighted by Gasteiger charge is 2.16. The van der Waals surface area contributed by atoms with Crippen molar-refractivity contribution in [3.05, 3.63) is 18.0 Å². The van der Waals surface area contributed by atoms with Crippen molar-refractivity contribution in [3.63, 3.8) is 0 Å². The number of hydrogen-bond acceptors (Lipinski definition) is 3. The van der Waals surface area contributed by atoms with Gasteiger partial charge in [-0.25, -0.2) is 0 Å². The highest BCUT2D eigenvalue weighted by Crippen LogP contribution is 2.04. The first kappa shape index (κ1) is 11.2. The molecular weight excluding hydrogens is 178 g/mol. The molecule has 0 aliphatic carbocycles. The van der Waals surface area contributed by atoms with E-state index in [1.165, 1.54) is 5.56 Å². The fourth-order valence-electron chi connectivity index (χ4n) is 1.32. The van der Waals surface area contributed by atoms with E-state index in [2.05, 4.69) is 24.3 Å². The van der Waals surface area contributed by atoms with Crippen molar-refractivity contribution in [2.75, 3.05) is 13.7 Å². The second-order valence-corrected chi connectivity index (χ2v) is 4.19. The predicted octanol–water partition coefficient (Wildman–Crippen LogP) is 0.935. The van der Waals surface area contributed by atoms with Crippen LogP contribution in [0.2, 0.25) is 0 Å². The zero-order valence-electron chi connectivity index (χ0n) is 9.37. The van der Waals surface area contributed by atoms with Crippen LogP contribution >= 0.6 is 0 Å². The molecule has 0 radical (unpaired) electrons. The molecular formula is C10H19N3O. The van der Waals surface area contributed by atoms with Crippen molar-refractivity contribution in [2.45, 2.75) is 25.9 Å². The van der Waals surface area contributed by atoms with Gasteiger partial charge >= 0.3 is 0 Å². The SMILES string of the molecule is COCC(C)(C)NCc1cnn(C)c1. The van der Waals surface area contributed by atoms with Crippen molar-refractivity contribution in [1.29, 1.82) is 0 Å². The van der Waals surface area contributed by atoms with Gasteiger partial charge in [-0.05, 0) is 13.8 Å². The average molecular weight is 197 g/mol. The third-order valence-corrected chi connectivity index (χ3v) is 2.03. The van der Waals surface area contributed by atoms with Gasteiger partial charge in [-0.1, -0.05) is 0 Å². The molecule has 0 aliphatic heterocycles. The van der Waals surface area contributed by atoms with Gasteiger partial charge in [0.1, 0.15) is 0 Å². The second kappa shape index (κ2) is 4.57. The van der Waals surface area contributed by atoms with Gasteiger partial charge in [0, 0.05) is 38.0 Å². The zero-order chi connectivity index (χ0) is 10.6. The second-order valence-electron chi connectivity index (χ2n) is 4.19. The molecule has 1 rings (SSSR count). The summed E-state index contributed by atoms with van der Waals surface area (Å²) in [5, 5.41) is 7.52. The Morgan fingerprint density at radius 2 is 2.29 bits per heavy atom. The lowest BCUT2D eigenvalue weighted by molar-refractivity contribution is 0.128. The highest BCUT2D eigenvalue weighted by atomic mass is 16.5. The molecule has 80 valence electrons. The van der Waals surface area contributed by atoms with Crippen LogP contribution in [0.4, 0.5) is 0 Å². The molecule has 0 aromatic carbocycles. The molecule has 0 saturated heterocycles. The molecule has 1 heterocycles. The minimum atomic E-state index is 0.00455. The molecule has 0 fully saturated rings. The largest absolute Gasteiger partial charge is 0.383 e. The molecule has 1 aromatic heterocycles. The summed E-state index contributed by atoms with van der Waals surface area (Å²) in [4.78, 5) is 0. The molecule has 4 heteroatoms. The first-order valence-corrected chi connectivity index (χ1v) is 4.75. The molecule has 0 spiro atoms. The summed E-state index contributed by atoms with van der Waals surface area (Å²) < 4.78 is 6.92. The van der Waals surface area contributed by atoms with E-state index in [9.17, 15) is 0 Å². The molecule has 0 saturated carbocycles. The summed E-state index contributed by atoms with van der Waals surface area (Å²) in [5.74, 6) is 0. The summed E-state index contributed by atoms with van der Waals surface area (Å²) in [7, 11) is 3.64. The van der Waals surface area contributed by atoms with Crippen molar-refractivity contribution in [1.82, 2.24) is 15.1 Å². The van der Waals surface area contributed by atoms with Crippen LogP contribution in [0.25, 0.3) is 0 Å². The first-order chi connectivity index (χ1) is 6.53. The molecule has 1 N–H and O–H groups in total. The minimum Gasteiger partial charge on any atom is -0.383 e. The Balaban J connectivity index is 2.40. The third kappa shape index (κ3) is 3.47. The molecule has 1 aromatic rings. The zero-order valence-corrected chi connectivity index (χ0v) is 9.37. The topological polar surface area (TPSA) is 39.1 Å². The number of ether oxygens (including phenoxy) is 1. The number of methoxy groups -OCH3 is 1. The normalized spacial score (nSPS) is 12.0. The number of rotatable bonds is 5. The predicted molar refractivity (Wildman–Crippen MR) is 56.0 cm³/mol. The van der Waals surface area contributed by atoms with Gasteiger partial charge in [-0.3, -0.25) is 4.68 Å². The lowest BCUT2D eigenvalue weighted by atomic mass is 10.1. The van der Waals surface area contributed by atoms with E-state index in [0.29, 0.717) is 6.61 Å². The summed E-state index contributed by atoms with van der Waals surface area (Å²) in [6, 6.07) is 0. The van der Waals surface area contributed by atoms with Gasteiger partial charge in [0.2, 0.25) is 0 Å². The lowest BCUT2D eigenvalue weighted by Crippen LogP contribution is -2.42. The van der Waals surface area contributed by atoms with Crippen molar-refractivity contribution in [3.8, 4) is 0 Å².